The molecule has 0 bridgehead atoms. The minimum atomic E-state index is -3.70. The first-order valence-corrected chi connectivity index (χ1v) is 9.63. The quantitative estimate of drug-likeness (QED) is 0.712. The number of carbonyl (C=O) groups is 1. The third kappa shape index (κ3) is 3.57. The number of hydrogen-bond donors (Lipinski definition) is 1. The van der Waals surface area contributed by atoms with Gasteiger partial charge in [0, 0.05) is 4.47 Å². The van der Waals surface area contributed by atoms with Gasteiger partial charge in [0.1, 0.15) is 16.8 Å². The fraction of sp³-hybridized carbons (Fsp3) is 0.0714. The zero-order valence-corrected chi connectivity index (χ0v) is 14.8. The highest BCUT2D eigenvalue weighted by Crippen LogP contribution is 2.21. The van der Waals surface area contributed by atoms with Gasteiger partial charge in [-0.2, -0.15) is 8.75 Å². The van der Waals surface area contributed by atoms with Crippen molar-refractivity contribution in [2.75, 3.05) is 11.1 Å². The average Bonchev–Trinajstić information content (AvgIpc) is 2.96. The van der Waals surface area contributed by atoms with Crippen LogP contribution in [0, 0.1) is 0 Å². The summed E-state index contributed by atoms with van der Waals surface area (Å²) in [5.41, 5.74) is 1.66. The molecule has 0 unspecified atom stereocenters. The second kappa shape index (κ2) is 6.34. The second-order valence-electron chi connectivity index (χ2n) is 4.70. The number of halogens is 1. The van der Waals surface area contributed by atoms with E-state index in [-0.39, 0.29) is 4.90 Å². The van der Waals surface area contributed by atoms with Gasteiger partial charge < -0.3 is 5.32 Å². The topological polar surface area (TPSA) is 89.0 Å². The second-order valence-corrected chi connectivity index (χ2v) is 8.13. The van der Waals surface area contributed by atoms with Gasteiger partial charge in [0.05, 0.1) is 22.3 Å². The minimum Gasteiger partial charge on any atom is -0.323 e. The highest BCUT2D eigenvalue weighted by atomic mass is 79.9. The number of hydrogen-bond acceptors (Lipinski definition) is 6. The maximum absolute atomic E-state index is 12.3. The van der Waals surface area contributed by atoms with Crippen LogP contribution in [0.15, 0.2) is 51.8 Å². The van der Waals surface area contributed by atoms with Gasteiger partial charge in [-0.3, -0.25) is 4.79 Å². The molecule has 23 heavy (non-hydrogen) atoms. The van der Waals surface area contributed by atoms with E-state index in [2.05, 4.69) is 30.0 Å². The molecule has 0 saturated carbocycles. The summed E-state index contributed by atoms with van der Waals surface area (Å²) in [5, 5.41) is 2.59. The Labute approximate surface area is 144 Å². The molecule has 1 aromatic heterocycles. The van der Waals surface area contributed by atoms with Gasteiger partial charge >= 0.3 is 0 Å². The summed E-state index contributed by atoms with van der Waals surface area (Å²) in [7, 11) is -3.70. The number of fused-ring (bicyclic) bond motifs is 1. The zero-order valence-electron chi connectivity index (χ0n) is 11.6. The summed E-state index contributed by atoms with van der Waals surface area (Å²) in [6.07, 6.45) is 0. The molecule has 0 aliphatic carbocycles. The van der Waals surface area contributed by atoms with Gasteiger partial charge in [0.15, 0.2) is 9.84 Å². The van der Waals surface area contributed by atoms with Crippen LogP contribution < -0.4 is 5.32 Å². The summed E-state index contributed by atoms with van der Waals surface area (Å²) < 4.78 is 33.4. The Kier molecular flexibility index (Phi) is 4.42. The summed E-state index contributed by atoms with van der Waals surface area (Å²) in [4.78, 5) is 12.2. The molecule has 0 saturated heterocycles. The first kappa shape index (κ1) is 16.0. The molecule has 0 spiro atoms. The first-order valence-electron chi connectivity index (χ1n) is 6.45. The number of rotatable bonds is 4. The number of nitrogens with zero attached hydrogens (tertiary/aromatic N) is 2. The zero-order chi connectivity index (χ0) is 16.4. The Morgan fingerprint density at radius 2 is 1.87 bits per heavy atom. The molecule has 3 rings (SSSR count). The van der Waals surface area contributed by atoms with Gasteiger partial charge in [-0.1, -0.05) is 22.0 Å². The highest BCUT2D eigenvalue weighted by Gasteiger charge is 2.20. The van der Waals surface area contributed by atoms with Gasteiger partial charge in [-0.05, 0) is 36.4 Å². The number of nitrogens with one attached hydrogen (secondary N) is 1. The number of aromatic nitrogens is 2. The van der Waals surface area contributed by atoms with Crippen LogP contribution in [0.2, 0.25) is 0 Å². The van der Waals surface area contributed by atoms with Crippen molar-refractivity contribution in [2.45, 2.75) is 4.90 Å². The summed E-state index contributed by atoms with van der Waals surface area (Å²) in [5.74, 6) is -1.25. The molecule has 6 nitrogen and oxygen atoms in total. The van der Waals surface area contributed by atoms with Crippen LogP contribution in [0.3, 0.4) is 0 Å². The summed E-state index contributed by atoms with van der Waals surface area (Å²) in [6.45, 7) is 0. The fourth-order valence-electron chi connectivity index (χ4n) is 1.99. The van der Waals surface area contributed by atoms with E-state index in [1.54, 1.807) is 30.3 Å². The molecule has 3 aromatic rings. The van der Waals surface area contributed by atoms with Crippen molar-refractivity contribution in [3.63, 3.8) is 0 Å². The molecular weight excluding hydrogens is 402 g/mol. The van der Waals surface area contributed by atoms with E-state index in [0.717, 1.165) is 16.2 Å². The third-order valence-corrected chi connectivity index (χ3v) is 5.76. The molecule has 0 fully saturated rings. The lowest BCUT2D eigenvalue weighted by atomic mass is 10.2. The molecule has 0 aliphatic rings. The van der Waals surface area contributed by atoms with E-state index >= 15 is 0 Å². The molecule has 118 valence electrons. The van der Waals surface area contributed by atoms with Crippen molar-refractivity contribution in [1.82, 2.24) is 8.75 Å². The first-order chi connectivity index (χ1) is 11.0. The summed E-state index contributed by atoms with van der Waals surface area (Å²) >= 11 is 4.27. The normalized spacial score (nSPS) is 11.5. The van der Waals surface area contributed by atoms with Crippen molar-refractivity contribution < 1.29 is 13.2 Å². The van der Waals surface area contributed by atoms with Crippen LogP contribution in [0.4, 0.5) is 5.69 Å². The van der Waals surface area contributed by atoms with Gasteiger partial charge in [-0.25, -0.2) is 8.42 Å². The number of amides is 1. The predicted molar refractivity (Wildman–Crippen MR) is 92.2 cm³/mol. The van der Waals surface area contributed by atoms with Crippen LogP contribution in [0.5, 0.6) is 0 Å². The van der Waals surface area contributed by atoms with Crippen LogP contribution in [0.1, 0.15) is 0 Å². The van der Waals surface area contributed by atoms with Crippen molar-refractivity contribution in [1.29, 1.82) is 0 Å². The van der Waals surface area contributed by atoms with Crippen LogP contribution in [-0.2, 0) is 14.6 Å². The van der Waals surface area contributed by atoms with Crippen molar-refractivity contribution in [3.05, 3.63) is 46.9 Å². The van der Waals surface area contributed by atoms with Crippen LogP contribution in [-0.4, -0.2) is 28.8 Å². The average molecular weight is 412 g/mol. The van der Waals surface area contributed by atoms with Gasteiger partial charge in [0.25, 0.3) is 0 Å². The molecule has 9 heteroatoms. The molecule has 1 heterocycles. The SMILES string of the molecule is O=C(CS(=O)(=O)c1ccc(Br)cc1)Nc1cccc2nsnc12. The number of sulfone groups is 1. The van der Waals surface area contributed by atoms with E-state index in [1.807, 2.05) is 0 Å². The molecule has 0 atom stereocenters. The number of carbonyl (C=O) groups excluding carboxylic acids is 1. The standard InChI is InChI=1S/C14H10BrN3O3S2/c15-9-4-6-10(7-5-9)23(20,21)8-13(19)16-11-2-1-3-12-14(11)18-22-17-12/h1-7H,8H2,(H,16,19). The van der Waals surface area contributed by atoms with Gasteiger partial charge in [-0.15, -0.1) is 0 Å². The number of anilines is 1. The largest absolute Gasteiger partial charge is 0.323 e. The monoisotopic (exact) mass is 411 g/mol. The molecular formula is C14H10BrN3O3S2. The Balaban J connectivity index is 1.79. The molecule has 1 amide bonds. The van der Waals surface area contributed by atoms with E-state index in [9.17, 15) is 13.2 Å². The summed E-state index contributed by atoms with van der Waals surface area (Å²) in [6, 6.07) is 11.3. The smallest absolute Gasteiger partial charge is 0.240 e. The van der Waals surface area contributed by atoms with Crippen molar-refractivity contribution in [3.8, 4) is 0 Å². The lowest BCUT2D eigenvalue weighted by Gasteiger charge is -2.07. The number of benzene rings is 2. The fourth-order valence-corrected chi connectivity index (χ4v) is 3.94. The van der Waals surface area contributed by atoms with Crippen molar-refractivity contribution in [2.24, 2.45) is 0 Å². The predicted octanol–water partition coefficient (Wildman–Crippen LogP) is 2.87. The Morgan fingerprint density at radius 3 is 2.61 bits per heavy atom. The van der Waals surface area contributed by atoms with E-state index in [0.29, 0.717) is 16.7 Å². The maximum Gasteiger partial charge on any atom is 0.240 e. The Bertz CT molecular complexity index is 968. The van der Waals surface area contributed by atoms with E-state index < -0.39 is 21.5 Å². The minimum absolute atomic E-state index is 0.101. The Morgan fingerprint density at radius 1 is 1.13 bits per heavy atom. The lowest BCUT2D eigenvalue weighted by molar-refractivity contribution is -0.113. The Hall–Kier alpha value is -1.84. The highest BCUT2D eigenvalue weighted by molar-refractivity contribution is 9.10. The lowest BCUT2D eigenvalue weighted by Crippen LogP contribution is -2.23. The van der Waals surface area contributed by atoms with E-state index in [4.69, 9.17) is 0 Å². The maximum atomic E-state index is 12.3. The third-order valence-electron chi connectivity index (χ3n) is 3.05. The molecule has 0 aliphatic heterocycles. The van der Waals surface area contributed by atoms with E-state index in [1.165, 1.54) is 12.1 Å². The molecule has 0 radical (unpaired) electrons. The van der Waals surface area contributed by atoms with Crippen LogP contribution in [0.25, 0.3) is 11.0 Å². The van der Waals surface area contributed by atoms with Crippen molar-refractivity contribution >= 4 is 60.1 Å². The molecule has 1 N–H and O–H groups in total. The van der Waals surface area contributed by atoms with Gasteiger partial charge in [0.2, 0.25) is 5.91 Å². The van der Waals surface area contributed by atoms with Crippen LogP contribution >= 0.6 is 27.7 Å². The molecule has 2 aromatic carbocycles.